The molecule has 2 fully saturated rings. The van der Waals surface area contributed by atoms with Crippen LogP contribution in [0.25, 0.3) is 0 Å². The van der Waals surface area contributed by atoms with E-state index in [0.717, 1.165) is 51.9 Å². The number of piperidine rings is 1. The van der Waals surface area contributed by atoms with Crippen LogP contribution in [0.15, 0.2) is 24.5 Å². The molecule has 0 aromatic carbocycles. The first kappa shape index (κ1) is 14.9. The van der Waals surface area contributed by atoms with Crippen LogP contribution in [0.1, 0.15) is 31.7 Å². The lowest BCUT2D eigenvalue weighted by Crippen LogP contribution is -2.62. The fourth-order valence-electron chi connectivity index (χ4n) is 3.85. The fraction of sp³-hybridized carbons (Fsp3) is 0.706. The van der Waals surface area contributed by atoms with E-state index in [1.807, 2.05) is 19.3 Å². The Morgan fingerprint density at radius 2 is 2.05 bits per heavy atom. The van der Waals surface area contributed by atoms with E-state index in [2.05, 4.69) is 22.0 Å². The number of aromatic nitrogens is 1. The van der Waals surface area contributed by atoms with Gasteiger partial charge in [0.05, 0.1) is 12.2 Å². The third-order valence-electron chi connectivity index (χ3n) is 5.36. The van der Waals surface area contributed by atoms with Crippen LogP contribution in [0.5, 0.6) is 0 Å². The molecule has 21 heavy (non-hydrogen) atoms. The SMILES string of the molecule is CCOC1CC(O)C12CCN(CCc1ccncc1)CC2. The first-order valence-electron chi connectivity index (χ1n) is 8.15. The van der Waals surface area contributed by atoms with Gasteiger partial charge in [-0.15, -0.1) is 0 Å². The van der Waals surface area contributed by atoms with Crippen molar-refractivity contribution >= 4 is 0 Å². The molecule has 1 aromatic rings. The monoisotopic (exact) mass is 290 g/mol. The minimum absolute atomic E-state index is 0.0448. The molecule has 1 spiro atoms. The summed E-state index contributed by atoms with van der Waals surface area (Å²) in [7, 11) is 0. The lowest BCUT2D eigenvalue weighted by Gasteiger charge is -2.56. The largest absolute Gasteiger partial charge is 0.392 e. The van der Waals surface area contributed by atoms with E-state index in [1.165, 1.54) is 5.56 Å². The van der Waals surface area contributed by atoms with E-state index in [9.17, 15) is 5.11 Å². The Labute approximate surface area is 127 Å². The number of rotatable bonds is 5. The minimum Gasteiger partial charge on any atom is -0.392 e. The van der Waals surface area contributed by atoms with E-state index in [4.69, 9.17) is 4.74 Å². The molecule has 1 aliphatic carbocycles. The Balaban J connectivity index is 1.49. The second-order valence-corrected chi connectivity index (χ2v) is 6.38. The molecule has 1 aliphatic heterocycles. The Kier molecular flexibility index (Phi) is 4.57. The first-order valence-corrected chi connectivity index (χ1v) is 8.15. The lowest BCUT2D eigenvalue weighted by molar-refractivity contribution is -0.209. The van der Waals surface area contributed by atoms with Crippen LogP contribution in [0.4, 0.5) is 0 Å². The average Bonchev–Trinajstić information content (AvgIpc) is 2.54. The highest BCUT2D eigenvalue weighted by molar-refractivity contribution is 5.10. The van der Waals surface area contributed by atoms with Gasteiger partial charge in [0.25, 0.3) is 0 Å². The van der Waals surface area contributed by atoms with E-state index >= 15 is 0 Å². The Bertz CT molecular complexity index is 441. The fourth-order valence-corrected chi connectivity index (χ4v) is 3.85. The highest BCUT2D eigenvalue weighted by Gasteiger charge is 2.55. The van der Waals surface area contributed by atoms with Gasteiger partial charge in [0.1, 0.15) is 0 Å². The molecule has 116 valence electrons. The van der Waals surface area contributed by atoms with Crippen LogP contribution in [0.3, 0.4) is 0 Å². The molecule has 1 saturated heterocycles. The molecular formula is C17H26N2O2. The third-order valence-corrected chi connectivity index (χ3v) is 5.36. The number of likely N-dealkylation sites (tertiary alicyclic amines) is 1. The summed E-state index contributed by atoms with van der Waals surface area (Å²) in [6.07, 6.45) is 7.87. The minimum atomic E-state index is -0.156. The molecular weight excluding hydrogens is 264 g/mol. The second kappa shape index (κ2) is 6.42. The van der Waals surface area contributed by atoms with Gasteiger partial charge in [-0.2, -0.15) is 0 Å². The summed E-state index contributed by atoms with van der Waals surface area (Å²) >= 11 is 0. The van der Waals surface area contributed by atoms with Gasteiger partial charge in [-0.3, -0.25) is 4.98 Å². The van der Waals surface area contributed by atoms with Gasteiger partial charge in [0, 0.05) is 37.4 Å². The van der Waals surface area contributed by atoms with Crippen molar-refractivity contribution in [3.63, 3.8) is 0 Å². The number of pyridine rings is 1. The molecule has 1 saturated carbocycles. The molecule has 1 aromatic heterocycles. The quantitative estimate of drug-likeness (QED) is 0.899. The topological polar surface area (TPSA) is 45.6 Å². The number of ether oxygens (including phenoxy) is 1. The Morgan fingerprint density at radius 3 is 2.67 bits per heavy atom. The van der Waals surface area contributed by atoms with Gasteiger partial charge < -0.3 is 14.7 Å². The summed E-state index contributed by atoms with van der Waals surface area (Å²) in [5, 5.41) is 10.2. The molecule has 2 atom stereocenters. The Hall–Kier alpha value is -0.970. The molecule has 2 heterocycles. The predicted octanol–water partition coefficient (Wildman–Crippen LogP) is 1.88. The first-order chi connectivity index (χ1) is 10.2. The molecule has 2 aliphatic rings. The van der Waals surface area contributed by atoms with Gasteiger partial charge in [-0.1, -0.05) is 0 Å². The summed E-state index contributed by atoms with van der Waals surface area (Å²) in [6, 6.07) is 4.18. The predicted molar refractivity (Wildman–Crippen MR) is 82.1 cm³/mol. The van der Waals surface area contributed by atoms with E-state index in [0.29, 0.717) is 0 Å². The van der Waals surface area contributed by atoms with Crippen LogP contribution in [-0.2, 0) is 11.2 Å². The zero-order valence-electron chi connectivity index (χ0n) is 12.9. The molecule has 0 bridgehead atoms. The van der Waals surface area contributed by atoms with E-state index < -0.39 is 0 Å². The summed E-state index contributed by atoms with van der Waals surface area (Å²) < 4.78 is 5.82. The zero-order valence-corrected chi connectivity index (χ0v) is 12.9. The van der Waals surface area contributed by atoms with Crippen molar-refractivity contribution in [1.29, 1.82) is 0 Å². The van der Waals surface area contributed by atoms with Crippen molar-refractivity contribution in [2.24, 2.45) is 5.41 Å². The summed E-state index contributed by atoms with van der Waals surface area (Å²) in [4.78, 5) is 6.57. The molecule has 2 unspecified atom stereocenters. The number of aliphatic hydroxyl groups excluding tert-OH is 1. The maximum Gasteiger partial charge on any atom is 0.0681 e. The second-order valence-electron chi connectivity index (χ2n) is 6.38. The summed E-state index contributed by atoms with van der Waals surface area (Å²) in [6.45, 7) is 6.04. The van der Waals surface area contributed by atoms with Gasteiger partial charge in [0.15, 0.2) is 0 Å². The maximum atomic E-state index is 10.2. The van der Waals surface area contributed by atoms with Crippen LogP contribution in [0, 0.1) is 5.41 Å². The highest BCUT2D eigenvalue weighted by Crippen LogP contribution is 2.50. The zero-order chi connectivity index (χ0) is 14.7. The van der Waals surface area contributed by atoms with Gasteiger partial charge >= 0.3 is 0 Å². The van der Waals surface area contributed by atoms with Crippen LogP contribution >= 0.6 is 0 Å². The van der Waals surface area contributed by atoms with Crippen LogP contribution in [-0.4, -0.2) is 53.4 Å². The van der Waals surface area contributed by atoms with Crippen molar-refractivity contribution in [3.8, 4) is 0 Å². The van der Waals surface area contributed by atoms with Gasteiger partial charge in [-0.25, -0.2) is 0 Å². The van der Waals surface area contributed by atoms with E-state index in [-0.39, 0.29) is 17.6 Å². The van der Waals surface area contributed by atoms with E-state index in [1.54, 1.807) is 0 Å². The normalized spacial score (nSPS) is 28.5. The van der Waals surface area contributed by atoms with Gasteiger partial charge in [0.2, 0.25) is 0 Å². The molecule has 4 nitrogen and oxygen atoms in total. The Morgan fingerprint density at radius 1 is 1.33 bits per heavy atom. The van der Waals surface area contributed by atoms with Crippen molar-refractivity contribution in [1.82, 2.24) is 9.88 Å². The number of hydrogen-bond acceptors (Lipinski definition) is 4. The van der Waals surface area contributed by atoms with Crippen molar-refractivity contribution in [2.75, 3.05) is 26.2 Å². The molecule has 0 amide bonds. The highest BCUT2D eigenvalue weighted by atomic mass is 16.5. The third kappa shape index (κ3) is 2.98. The molecule has 0 radical (unpaired) electrons. The molecule has 3 rings (SSSR count). The van der Waals surface area contributed by atoms with Crippen LogP contribution in [0.2, 0.25) is 0 Å². The van der Waals surface area contributed by atoms with Gasteiger partial charge in [-0.05, 0) is 57.0 Å². The number of hydrogen-bond donors (Lipinski definition) is 1. The number of nitrogens with zero attached hydrogens (tertiary/aromatic N) is 2. The van der Waals surface area contributed by atoms with Crippen molar-refractivity contribution in [3.05, 3.63) is 30.1 Å². The summed E-state index contributed by atoms with van der Waals surface area (Å²) in [5.74, 6) is 0. The lowest BCUT2D eigenvalue weighted by atomic mass is 9.58. The maximum absolute atomic E-state index is 10.2. The molecule has 4 heteroatoms. The van der Waals surface area contributed by atoms with Crippen molar-refractivity contribution < 1.29 is 9.84 Å². The average molecular weight is 290 g/mol. The molecule has 1 N–H and O–H groups in total. The standard InChI is InChI=1S/C17H26N2O2/c1-2-21-16-13-15(20)17(16)6-11-19(12-7-17)10-5-14-3-8-18-9-4-14/h3-4,8-9,15-16,20H,2,5-7,10-13H2,1H3. The van der Waals surface area contributed by atoms with Crippen molar-refractivity contribution in [2.45, 2.75) is 44.8 Å². The summed E-state index contributed by atoms with van der Waals surface area (Å²) in [5.41, 5.74) is 1.39. The van der Waals surface area contributed by atoms with Crippen LogP contribution < -0.4 is 0 Å². The smallest absolute Gasteiger partial charge is 0.0681 e. The number of aliphatic hydroxyl groups is 1.